The fraction of sp³-hybridized carbons (Fsp3) is 0.440. The molecule has 8 heteroatoms. The summed E-state index contributed by atoms with van der Waals surface area (Å²) in [5, 5.41) is 13.1. The van der Waals surface area contributed by atoms with Gasteiger partial charge in [-0.3, -0.25) is 9.59 Å². The predicted octanol–water partition coefficient (Wildman–Crippen LogP) is 8.03. The van der Waals surface area contributed by atoms with Crippen LogP contribution in [0.25, 0.3) is 0 Å². The van der Waals surface area contributed by atoms with Gasteiger partial charge in [0, 0.05) is 70.9 Å². The van der Waals surface area contributed by atoms with Gasteiger partial charge in [0.25, 0.3) is 5.91 Å². The molecule has 11 rings (SSSR count). The van der Waals surface area contributed by atoms with Crippen molar-refractivity contribution in [3.8, 4) is 11.5 Å². The number of fused-ring (bicyclic) bond motifs is 5. The highest BCUT2D eigenvalue weighted by Gasteiger charge is 2.50. The minimum atomic E-state index is -0.173. The molecule has 5 aliphatic heterocycles. The van der Waals surface area contributed by atoms with E-state index in [-0.39, 0.29) is 29.2 Å². The normalized spacial score (nSPS) is 26.9. The van der Waals surface area contributed by atoms with Crippen LogP contribution in [0.5, 0.6) is 11.5 Å². The van der Waals surface area contributed by atoms with E-state index in [1.807, 2.05) is 23.1 Å². The number of hydrogen-bond acceptors (Lipinski definition) is 6. The largest absolute Gasteiger partial charge is 0.508 e. The van der Waals surface area contributed by atoms with E-state index in [0.29, 0.717) is 48.8 Å². The molecule has 4 fully saturated rings. The number of ether oxygens (including phenoxy) is 1. The summed E-state index contributed by atoms with van der Waals surface area (Å²) in [5.41, 5.74) is 10.9. The lowest BCUT2D eigenvalue weighted by Crippen LogP contribution is -2.55. The highest BCUT2D eigenvalue weighted by atomic mass is 16.5. The Morgan fingerprint density at radius 2 is 1.67 bits per heavy atom. The molecule has 0 aromatic heterocycles. The number of amides is 2. The number of benzene rings is 4. The predicted molar refractivity (Wildman–Crippen MR) is 225 cm³/mol. The summed E-state index contributed by atoms with van der Waals surface area (Å²) in [4.78, 5) is 32.6. The molecule has 2 N–H and O–H groups in total. The van der Waals surface area contributed by atoms with Gasteiger partial charge < -0.3 is 29.9 Å². The van der Waals surface area contributed by atoms with Crippen molar-refractivity contribution in [2.45, 2.75) is 87.6 Å². The average molecular weight is 775 g/mol. The zero-order valence-electron chi connectivity index (χ0n) is 33.4. The van der Waals surface area contributed by atoms with Gasteiger partial charge in [-0.2, -0.15) is 0 Å². The summed E-state index contributed by atoms with van der Waals surface area (Å²) in [6.07, 6.45) is 9.25. The third-order valence-corrected chi connectivity index (χ3v) is 15.5. The van der Waals surface area contributed by atoms with Crippen LogP contribution in [0.2, 0.25) is 0 Å². The Morgan fingerprint density at radius 3 is 2.47 bits per heavy atom. The molecule has 4 aromatic rings. The fourth-order valence-corrected chi connectivity index (χ4v) is 12.4. The van der Waals surface area contributed by atoms with Crippen LogP contribution in [-0.2, 0) is 23.2 Å². The molecule has 3 saturated heterocycles. The van der Waals surface area contributed by atoms with Crippen molar-refractivity contribution >= 4 is 17.5 Å². The zero-order chi connectivity index (χ0) is 39.2. The molecule has 0 radical (unpaired) electrons. The number of carbonyl (C=O) groups is 2. The molecule has 298 valence electrons. The zero-order valence-corrected chi connectivity index (χ0v) is 33.4. The molecule has 2 spiro atoms. The molecule has 5 heterocycles. The molecule has 58 heavy (non-hydrogen) atoms. The number of nitrogens with one attached hydrogen (secondary N) is 1. The van der Waals surface area contributed by atoms with Crippen LogP contribution >= 0.6 is 0 Å². The molecule has 2 amide bonds. The summed E-state index contributed by atoms with van der Waals surface area (Å²) >= 11 is 0. The first-order valence-corrected chi connectivity index (χ1v) is 21.8. The van der Waals surface area contributed by atoms with E-state index >= 15 is 0 Å². The Bertz CT molecular complexity index is 2290. The van der Waals surface area contributed by atoms with Crippen LogP contribution in [0.15, 0.2) is 97.2 Å². The summed E-state index contributed by atoms with van der Waals surface area (Å²) in [5.74, 6) is 2.74. The Balaban J connectivity index is 0.705. The maximum atomic E-state index is 13.5. The van der Waals surface area contributed by atoms with Gasteiger partial charge in [0.1, 0.15) is 11.5 Å². The van der Waals surface area contributed by atoms with Crippen LogP contribution < -0.4 is 15.0 Å². The van der Waals surface area contributed by atoms with E-state index in [1.54, 1.807) is 0 Å². The lowest BCUT2D eigenvalue weighted by atomic mass is 9.69. The molecule has 4 atom stereocenters. The SMILES string of the molecule is C=C1NC(=O)CCC1N1Cc2c(ccc3c2OCC32CCN(CC3CCC4(C3)CN(c3ccc([C@@H]5c6ccc(O)cc6CC[C@@H]5c5ccccc5)cc3)C4)CC2)C1=O. The monoisotopic (exact) mass is 774 g/mol. The minimum Gasteiger partial charge on any atom is -0.508 e. The van der Waals surface area contributed by atoms with Crippen molar-refractivity contribution in [2.24, 2.45) is 11.3 Å². The maximum absolute atomic E-state index is 13.5. The molecular formula is C50H54N4O4. The summed E-state index contributed by atoms with van der Waals surface area (Å²) in [6, 6.07) is 30.5. The van der Waals surface area contributed by atoms with E-state index in [0.717, 1.165) is 74.7 Å². The van der Waals surface area contributed by atoms with Crippen molar-refractivity contribution in [1.82, 2.24) is 15.1 Å². The Morgan fingerprint density at radius 1 is 0.862 bits per heavy atom. The lowest BCUT2D eigenvalue weighted by molar-refractivity contribution is -0.121. The number of aromatic hydroxyl groups is 1. The third kappa shape index (κ3) is 5.96. The number of anilines is 1. The van der Waals surface area contributed by atoms with Gasteiger partial charge in [0.2, 0.25) is 5.91 Å². The molecule has 4 aromatic carbocycles. The summed E-state index contributed by atoms with van der Waals surface area (Å²) in [7, 11) is 0. The first-order chi connectivity index (χ1) is 28.2. The Labute approximate surface area is 341 Å². The van der Waals surface area contributed by atoms with Crippen molar-refractivity contribution in [2.75, 3.05) is 44.2 Å². The number of hydrogen-bond donors (Lipinski definition) is 2. The fourth-order valence-electron chi connectivity index (χ4n) is 12.4. The quantitative estimate of drug-likeness (QED) is 0.207. The number of phenolic OH excluding ortho intramolecular Hbond substituents is 1. The minimum absolute atomic E-state index is 0.0165. The first kappa shape index (κ1) is 36.0. The van der Waals surface area contributed by atoms with Crippen LogP contribution in [0, 0.1) is 11.3 Å². The van der Waals surface area contributed by atoms with Gasteiger partial charge in [-0.05, 0) is 129 Å². The Kier molecular flexibility index (Phi) is 8.55. The molecule has 1 saturated carbocycles. The van der Waals surface area contributed by atoms with Gasteiger partial charge in [0.15, 0.2) is 0 Å². The molecular weight excluding hydrogens is 721 g/mol. The van der Waals surface area contributed by atoms with Crippen LogP contribution in [-0.4, -0.2) is 72.1 Å². The van der Waals surface area contributed by atoms with E-state index < -0.39 is 0 Å². The van der Waals surface area contributed by atoms with Crippen LogP contribution in [0.3, 0.4) is 0 Å². The highest BCUT2D eigenvalue weighted by Crippen LogP contribution is 2.53. The van der Waals surface area contributed by atoms with Crippen molar-refractivity contribution in [1.29, 1.82) is 0 Å². The summed E-state index contributed by atoms with van der Waals surface area (Å²) in [6.45, 7) is 11.0. The van der Waals surface area contributed by atoms with E-state index in [2.05, 4.69) is 88.4 Å². The van der Waals surface area contributed by atoms with E-state index in [9.17, 15) is 14.7 Å². The smallest absolute Gasteiger partial charge is 0.255 e. The molecule has 0 bridgehead atoms. The number of carbonyl (C=O) groups excluding carboxylic acids is 2. The van der Waals surface area contributed by atoms with Crippen molar-refractivity contribution in [3.63, 3.8) is 0 Å². The van der Waals surface area contributed by atoms with Crippen molar-refractivity contribution < 1.29 is 19.4 Å². The number of rotatable bonds is 6. The number of aryl methyl sites for hydroxylation is 1. The maximum Gasteiger partial charge on any atom is 0.255 e. The van der Waals surface area contributed by atoms with Crippen molar-refractivity contribution in [3.05, 3.63) is 136 Å². The second kappa shape index (κ2) is 13.8. The number of nitrogens with zero attached hydrogens (tertiary/aromatic N) is 3. The standard InChI is InChI=1S/C50H54N4O4/c1-32-44(17-18-45(56)51-32)54-28-42-41(48(54)57)15-16-43-47(42)58-31-50(43)21-23-52(24-22-50)27-33-19-20-49(26-33)29-53(30-49)37-10-7-35(8-11-37)46-39(34-5-3-2-4-6-34)13-9-36-25-38(55)12-14-40(36)46/h2-8,10-12,14-16,25,33,39,44,46,55H,1,9,13,17-24,26-31H2,(H,51,56)/t33?,39-,44?,46+/m1/s1. The number of likely N-dealkylation sites (tertiary alicyclic amines) is 1. The van der Waals surface area contributed by atoms with Gasteiger partial charge in [-0.15, -0.1) is 0 Å². The second-order valence-corrected chi connectivity index (χ2v) is 18.9. The lowest BCUT2D eigenvalue weighted by Gasteiger charge is -2.50. The topological polar surface area (TPSA) is 85.4 Å². The number of piperidine rings is 2. The van der Waals surface area contributed by atoms with E-state index in [1.165, 1.54) is 59.3 Å². The number of phenols is 1. The van der Waals surface area contributed by atoms with Crippen LogP contribution in [0.1, 0.15) is 107 Å². The van der Waals surface area contributed by atoms with Gasteiger partial charge in [-0.1, -0.05) is 61.2 Å². The first-order valence-electron chi connectivity index (χ1n) is 21.8. The van der Waals surface area contributed by atoms with Gasteiger partial charge in [0.05, 0.1) is 19.2 Å². The molecule has 2 unspecified atom stereocenters. The molecule has 7 aliphatic rings. The van der Waals surface area contributed by atoms with Gasteiger partial charge >= 0.3 is 0 Å². The van der Waals surface area contributed by atoms with Crippen LogP contribution in [0.4, 0.5) is 5.69 Å². The van der Waals surface area contributed by atoms with Gasteiger partial charge in [-0.25, -0.2) is 0 Å². The second-order valence-electron chi connectivity index (χ2n) is 18.9. The highest BCUT2D eigenvalue weighted by molar-refractivity contribution is 6.00. The third-order valence-electron chi connectivity index (χ3n) is 15.5. The summed E-state index contributed by atoms with van der Waals surface area (Å²) < 4.78 is 6.50. The Hall–Kier alpha value is -5.08. The molecule has 8 nitrogen and oxygen atoms in total. The molecule has 2 aliphatic carbocycles. The average Bonchev–Trinajstić information content (AvgIpc) is 3.92. The van der Waals surface area contributed by atoms with E-state index in [4.69, 9.17) is 4.74 Å².